The van der Waals surface area contributed by atoms with Gasteiger partial charge in [0.1, 0.15) is 24.2 Å². The largest absolute Gasteiger partial charge is 0.444 e. The number of aryl methyl sites for hydroxylation is 1. The minimum Gasteiger partial charge on any atom is -0.444 e. The fraction of sp³-hybridized carbons (Fsp3) is 0.448. The van der Waals surface area contributed by atoms with Crippen molar-refractivity contribution in [2.75, 3.05) is 18.6 Å². The number of rotatable bonds is 11. The lowest BCUT2D eigenvalue weighted by atomic mass is 9.95. The van der Waals surface area contributed by atoms with Gasteiger partial charge >= 0.3 is 6.09 Å². The number of hydrogen-bond donors (Lipinski definition) is 2. The lowest BCUT2D eigenvalue weighted by molar-refractivity contribution is -0.141. The molecular formula is C29H38N4O4S. The Morgan fingerprint density at radius 3 is 2.37 bits per heavy atom. The molecule has 38 heavy (non-hydrogen) atoms. The number of alkyl carbamates (subject to hydrolysis) is 1. The molecule has 2 unspecified atom stereocenters. The lowest BCUT2D eigenvalue weighted by Gasteiger charge is -2.33. The average Bonchev–Trinajstić information content (AvgIpc) is 2.86. The standard InChI is InChI=1S/C29H38N4O4S/c1-20-11-10-14-23(21(20)2)25(26(34)31-19-22-12-8-7-9-13-22)33(17-16-30)27(35)24(15-18-38-6)32-28(36)37-29(3,4)5/h7-14,24-25H,15,17-19H2,1-6H3,(H,31,34)(H,32,36). The molecule has 2 aromatic carbocycles. The van der Waals surface area contributed by atoms with Gasteiger partial charge in [0.15, 0.2) is 0 Å². The first kappa shape index (κ1) is 30.7. The van der Waals surface area contributed by atoms with Gasteiger partial charge in [-0.2, -0.15) is 17.0 Å². The fourth-order valence-corrected chi connectivity index (χ4v) is 4.39. The third-order valence-electron chi connectivity index (χ3n) is 5.93. The van der Waals surface area contributed by atoms with E-state index in [1.807, 2.05) is 68.6 Å². The monoisotopic (exact) mass is 538 g/mol. The normalized spacial score (nSPS) is 12.6. The first-order chi connectivity index (χ1) is 18.0. The van der Waals surface area contributed by atoms with E-state index >= 15 is 0 Å². The number of benzene rings is 2. The zero-order valence-electron chi connectivity index (χ0n) is 23.0. The van der Waals surface area contributed by atoms with Crippen LogP contribution in [-0.4, -0.2) is 53.0 Å². The molecule has 2 rings (SSSR count). The molecule has 0 fully saturated rings. The predicted molar refractivity (Wildman–Crippen MR) is 150 cm³/mol. The van der Waals surface area contributed by atoms with Crippen LogP contribution in [0.1, 0.15) is 55.5 Å². The molecule has 0 radical (unpaired) electrons. The zero-order chi connectivity index (χ0) is 28.3. The van der Waals surface area contributed by atoms with Crippen LogP contribution in [0.5, 0.6) is 0 Å². The molecule has 3 amide bonds. The first-order valence-electron chi connectivity index (χ1n) is 12.5. The molecule has 8 nitrogen and oxygen atoms in total. The smallest absolute Gasteiger partial charge is 0.408 e. The molecule has 204 valence electrons. The van der Waals surface area contributed by atoms with E-state index in [1.165, 1.54) is 16.7 Å². The highest BCUT2D eigenvalue weighted by Crippen LogP contribution is 2.27. The summed E-state index contributed by atoms with van der Waals surface area (Å²) in [6.45, 7) is 8.96. The summed E-state index contributed by atoms with van der Waals surface area (Å²) in [6.07, 6.45) is 1.48. The van der Waals surface area contributed by atoms with Crippen molar-refractivity contribution >= 4 is 29.7 Å². The van der Waals surface area contributed by atoms with Crippen LogP contribution in [0.4, 0.5) is 4.79 Å². The minimum absolute atomic E-state index is 0.266. The molecule has 0 saturated heterocycles. The summed E-state index contributed by atoms with van der Waals surface area (Å²) in [5.74, 6) is -0.347. The number of amides is 3. The number of nitrogens with one attached hydrogen (secondary N) is 2. The number of nitrogens with zero attached hydrogens (tertiary/aromatic N) is 2. The van der Waals surface area contributed by atoms with Crippen LogP contribution in [0.2, 0.25) is 0 Å². The Balaban J connectivity index is 2.47. The number of ether oxygens (including phenoxy) is 1. The highest BCUT2D eigenvalue weighted by Gasteiger charge is 2.36. The Morgan fingerprint density at radius 1 is 1.08 bits per heavy atom. The zero-order valence-corrected chi connectivity index (χ0v) is 23.9. The third kappa shape index (κ3) is 9.10. The molecule has 2 atom stereocenters. The maximum atomic E-state index is 13.9. The van der Waals surface area contributed by atoms with Crippen LogP contribution in [0.3, 0.4) is 0 Å². The van der Waals surface area contributed by atoms with Crippen LogP contribution >= 0.6 is 11.8 Å². The molecular weight excluding hydrogens is 500 g/mol. The van der Waals surface area contributed by atoms with Gasteiger partial charge in [-0.15, -0.1) is 0 Å². The number of nitriles is 1. The number of thioether (sulfide) groups is 1. The van der Waals surface area contributed by atoms with E-state index in [0.717, 1.165) is 16.7 Å². The number of carbonyl (C=O) groups is 3. The summed E-state index contributed by atoms with van der Waals surface area (Å²) in [5, 5.41) is 15.3. The molecule has 0 aliphatic carbocycles. The van der Waals surface area contributed by atoms with Crippen molar-refractivity contribution in [1.82, 2.24) is 15.5 Å². The summed E-state index contributed by atoms with van der Waals surface area (Å²) in [4.78, 5) is 41.5. The van der Waals surface area contributed by atoms with Gasteiger partial charge in [-0.1, -0.05) is 48.5 Å². The average molecular weight is 539 g/mol. The van der Waals surface area contributed by atoms with Crippen LogP contribution in [-0.2, 0) is 20.9 Å². The Bertz CT molecular complexity index is 1140. The van der Waals surface area contributed by atoms with Gasteiger partial charge in [0.05, 0.1) is 6.07 Å². The Hall–Kier alpha value is -3.51. The minimum atomic E-state index is -1.07. The van der Waals surface area contributed by atoms with Crippen molar-refractivity contribution in [3.05, 3.63) is 70.8 Å². The second kappa shape index (κ2) is 14.4. The van der Waals surface area contributed by atoms with E-state index in [-0.39, 0.29) is 13.1 Å². The van der Waals surface area contributed by atoms with Crippen molar-refractivity contribution in [3.8, 4) is 6.07 Å². The predicted octanol–water partition coefficient (Wildman–Crippen LogP) is 4.66. The van der Waals surface area contributed by atoms with Gasteiger partial charge in [0.2, 0.25) is 11.8 Å². The Morgan fingerprint density at radius 2 is 1.76 bits per heavy atom. The van der Waals surface area contributed by atoms with E-state index in [2.05, 4.69) is 10.6 Å². The molecule has 2 aromatic rings. The van der Waals surface area contributed by atoms with Crippen LogP contribution in [0.15, 0.2) is 48.5 Å². The Kier molecular flexibility index (Phi) is 11.7. The lowest BCUT2D eigenvalue weighted by Crippen LogP contribution is -2.53. The SMILES string of the molecule is CSCCC(NC(=O)OC(C)(C)C)C(=O)N(CC#N)C(C(=O)NCc1ccccc1)c1cccc(C)c1C. The highest BCUT2D eigenvalue weighted by molar-refractivity contribution is 7.98. The van der Waals surface area contributed by atoms with Crippen molar-refractivity contribution in [3.63, 3.8) is 0 Å². The quantitative estimate of drug-likeness (QED) is 0.403. The maximum absolute atomic E-state index is 13.9. The molecule has 0 saturated carbocycles. The van der Waals surface area contributed by atoms with Gasteiger partial charge in [0, 0.05) is 6.54 Å². The van der Waals surface area contributed by atoms with Gasteiger partial charge in [0.25, 0.3) is 0 Å². The van der Waals surface area contributed by atoms with E-state index < -0.39 is 35.6 Å². The van der Waals surface area contributed by atoms with Crippen LogP contribution in [0, 0.1) is 25.2 Å². The molecule has 0 aliphatic rings. The van der Waals surface area contributed by atoms with Gasteiger partial charge < -0.3 is 20.3 Å². The van der Waals surface area contributed by atoms with Gasteiger partial charge in [-0.25, -0.2) is 4.79 Å². The first-order valence-corrected chi connectivity index (χ1v) is 13.9. The summed E-state index contributed by atoms with van der Waals surface area (Å²) in [6, 6.07) is 15.0. The molecule has 0 spiro atoms. The van der Waals surface area contributed by atoms with Crippen molar-refractivity contribution in [1.29, 1.82) is 5.26 Å². The third-order valence-corrected chi connectivity index (χ3v) is 6.58. The molecule has 0 aliphatic heterocycles. The Labute approximate surface area is 230 Å². The van der Waals surface area contributed by atoms with Crippen molar-refractivity contribution in [2.45, 2.75) is 65.3 Å². The summed E-state index contributed by atoms with van der Waals surface area (Å²) >= 11 is 1.53. The highest BCUT2D eigenvalue weighted by atomic mass is 32.2. The summed E-state index contributed by atoms with van der Waals surface area (Å²) < 4.78 is 5.38. The molecule has 0 bridgehead atoms. The molecule has 2 N–H and O–H groups in total. The molecule has 9 heteroatoms. The van der Waals surface area contributed by atoms with E-state index in [0.29, 0.717) is 17.7 Å². The number of hydrogen-bond acceptors (Lipinski definition) is 6. The summed E-state index contributed by atoms with van der Waals surface area (Å²) in [5.41, 5.74) is 2.59. The van der Waals surface area contributed by atoms with Crippen molar-refractivity contribution in [2.24, 2.45) is 0 Å². The summed E-state index contributed by atoms with van der Waals surface area (Å²) in [7, 11) is 0. The van der Waals surface area contributed by atoms with E-state index in [1.54, 1.807) is 26.8 Å². The fourth-order valence-electron chi connectivity index (χ4n) is 3.92. The molecule has 0 aromatic heterocycles. The topological polar surface area (TPSA) is 112 Å². The van der Waals surface area contributed by atoms with Crippen LogP contribution in [0.25, 0.3) is 0 Å². The van der Waals surface area contributed by atoms with Gasteiger partial charge in [-0.3, -0.25) is 9.59 Å². The second-order valence-corrected chi connectivity index (χ2v) is 11.0. The molecule has 0 heterocycles. The van der Waals surface area contributed by atoms with Gasteiger partial charge in [-0.05, 0) is 75.3 Å². The van der Waals surface area contributed by atoms with E-state index in [4.69, 9.17) is 4.74 Å². The number of carbonyl (C=O) groups excluding carboxylic acids is 3. The van der Waals surface area contributed by atoms with E-state index in [9.17, 15) is 19.6 Å². The maximum Gasteiger partial charge on any atom is 0.408 e. The second-order valence-electron chi connectivity index (χ2n) is 10.00. The van der Waals surface area contributed by atoms with Crippen molar-refractivity contribution < 1.29 is 19.1 Å². The van der Waals surface area contributed by atoms with Crippen LogP contribution < -0.4 is 10.6 Å².